The molecule has 1 aliphatic carbocycles. The van der Waals surface area contributed by atoms with Crippen molar-refractivity contribution in [3.8, 4) is 23.7 Å². The van der Waals surface area contributed by atoms with Crippen LogP contribution in [0.1, 0.15) is 47.2 Å². The third-order valence-corrected chi connectivity index (χ3v) is 4.57. The van der Waals surface area contributed by atoms with E-state index in [0.29, 0.717) is 23.9 Å². The van der Waals surface area contributed by atoms with E-state index in [0.717, 1.165) is 5.76 Å². The van der Waals surface area contributed by atoms with E-state index in [1.54, 1.807) is 12.1 Å². The van der Waals surface area contributed by atoms with Crippen LogP contribution in [-0.2, 0) is 11.3 Å². The third kappa shape index (κ3) is 6.73. The van der Waals surface area contributed by atoms with E-state index in [2.05, 4.69) is 34.3 Å². The summed E-state index contributed by atoms with van der Waals surface area (Å²) in [5.74, 6) is 11.1. The number of aliphatic hydroxyl groups is 1. The average Bonchev–Trinajstić information content (AvgIpc) is 3.50. The minimum atomic E-state index is -1.28. The van der Waals surface area contributed by atoms with Gasteiger partial charge >= 0.3 is 0 Å². The number of aliphatic hydroxyl groups excluding tert-OH is 1. The Bertz CT molecular complexity index is 1050. The van der Waals surface area contributed by atoms with Crippen molar-refractivity contribution in [1.82, 2.24) is 16.1 Å². The number of benzene rings is 1. The monoisotopic (exact) mass is 421 g/mol. The first-order valence-corrected chi connectivity index (χ1v) is 9.83. The zero-order valence-electron chi connectivity index (χ0n) is 16.9. The Balaban J connectivity index is 1.55. The molecular weight excluding hydrogens is 398 g/mol. The van der Waals surface area contributed by atoms with E-state index < -0.39 is 24.0 Å². The van der Waals surface area contributed by atoms with Gasteiger partial charge in [-0.25, -0.2) is 5.48 Å². The molecule has 0 radical (unpaired) electrons. The van der Waals surface area contributed by atoms with Crippen molar-refractivity contribution in [2.75, 3.05) is 0 Å². The van der Waals surface area contributed by atoms with Gasteiger partial charge in [0.1, 0.15) is 11.8 Å². The molecule has 1 heterocycles. The maximum absolute atomic E-state index is 12.2. The van der Waals surface area contributed by atoms with Crippen LogP contribution in [-0.4, -0.2) is 40.3 Å². The highest BCUT2D eigenvalue weighted by molar-refractivity contribution is 5.97. The fourth-order valence-electron chi connectivity index (χ4n) is 2.67. The topological polar surface area (TPSA) is 124 Å². The molecule has 1 aromatic heterocycles. The molecule has 160 valence electrons. The Morgan fingerprint density at radius 1 is 1.13 bits per heavy atom. The summed E-state index contributed by atoms with van der Waals surface area (Å²) in [5.41, 5.74) is 2.34. The number of rotatable bonds is 7. The summed E-state index contributed by atoms with van der Waals surface area (Å²) in [6.07, 6.45) is 1.26. The molecule has 0 spiro atoms. The van der Waals surface area contributed by atoms with Gasteiger partial charge < -0.3 is 20.2 Å². The Hall–Kier alpha value is -3.56. The average molecular weight is 421 g/mol. The second kappa shape index (κ2) is 10.5. The molecular formula is C23H23N3O5. The predicted molar refractivity (Wildman–Crippen MR) is 112 cm³/mol. The zero-order chi connectivity index (χ0) is 22.2. The molecule has 1 aromatic carbocycles. The van der Waals surface area contributed by atoms with Crippen molar-refractivity contribution >= 4 is 11.8 Å². The molecule has 0 saturated heterocycles. The van der Waals surface area contributed by atoms with Crippen LogP contribution in [0.3, 0.4) is 0 Å². The van der Waals surface area contributed by atoms with Gasteiger partial charge in [0, 0.05) is 17.2 Å². The first-order chi connectivity index (χ1) is 15.0. The molecule has 5 N–H and O–H groups in total. The smallest absolute Gasteiger partial charge is 0.268 e. The van der Waals surface area contributed by atoms with Gasteiger partial charge in [-0.3, -0.25) is 14.8 Å². The van der Waals surface area contributed by atoms with Crippen LogP contribution in [0, 0.1) is 23.7 Å². The summed E-state index contributed by atoms with van der Waals surface area (Å²) in [5, 5.41) is 24.0. The van der Waals surface area contributed by atoms with E-state index in [-0.39, 0.29) is 5.56 Å². The van der Waals surface area contributed by atoms with Crippen LogP contribution >= 0.6 is 0 Å². The number of furan rings is 1. The van der Waals surface area contributed by atoms with Crippen LogP contribution in [0.15, 0.2) is 40.8 Å². The first kappa shape index (κ1) is 22.1. The lowest BCUT2D eigenvalue weighted by Crippen LogP contribution is -2.51. The van der Waals surface area contributed by atoms with Crippen LogP contribution in [0.5, 0.6) is 0 Å². The quantitative estimate of drug-likeness (QED) is 0.257. The van der Waals surface area contributed by atoms with E-state index >= 15 is 0 Å². The Morgan fingerprint density at radius 3 is 2.48 bits per heavy atom. The number of hydroxylamine groups is 1. The highest BCUT2D eigenvalue weighted by Gasteiger charge is 2.25. The summed E-state index contributed by atoms with van der Waals surface area (Å²) < 4.78 is 5.62. The second-order valence-electron chi connectivity index (χ2n) is 7.17. The summed E-state index contributed by atoms with van der Waals surface area (Å²) in [7, 11) is 0. The van der Waals surface area contributed by atoms with Crippen molar-refractivity contribution in [3.05, 3.63) is 59.0 Å². The van der Waals surface area contributed by atoms with Gasteiger partial charge in [-0.2, -0.15) is 0 Å². The molecule has 2 amide bonds. The number of carbonyl (C=O) groups excluding carboxylic acids is 2. The predicted octanol–water partition coefficient (Wildman–Crippen LogP) is 0.919. The van der Waals surface area contributed by atoms with E-state index in [4.69, 9.17) is 9.62 Å². The normalized spacial score (nSPS) is 14.3. The Labute approximate surface area is 180 Å². The molecule has 1 fully saturated rings. The number of nitrogens with one attached hydrogen (secondary N) is 3. The van der Waals surface area contributed by atoms with Crippen LogP contribution < -0.4 is 16.1 Å². The van der Waals surface area contributed by atoms with Crippen LogP contribution in [0.2, 0.25) is 0 Å². The van der Waals surface area contributed by atoms with Crippen LogP contribution in [0.25, 0.3) is 0 Å². The summed E-state index contributed by atoms with van der Waals surface area (Å²) >= 11 is 0. The van der Waals surface area contributed by atoms with E-state index in [1.165, 1.54) is 37.4 Å². The van der Waals surface area contributed by atoms with Crippen molar-refractivity contribution in [1.29, 1.82) is 0 Å². The largest absolute Gasteiger partial charge is 0.451 e. The molecule has 2 aromatic rings. The summed E-state index contributed by atoms with van der Waals surface area (Å²) in [6, 6.07) is 9.39. The van der Waals surface area contributed by atoms with E-state index in [9.17, 15) is 14.7 Å². The van der Waals surface area contributed by atoms with Gasteiger partial charge in [-0.1, -0.05) is 5.92 Å². The SMILES string of the molecule is C[C@H](O)[C@H](NC(=O)c1ccc(C#CC#Cc2ccc(CNC3CC3)o2)cc1)C(=O)NO. The van der Waals surface area contributed by atoms with Gasteiger partial charge in [0.05, 0.1) is 12.6 Å². The number of hydrogen-bond donors (Lipinski definition) is 5. The molecule has 3 rings (SSSR count). The Morgan fingerprint density at radius 2 is 1.84 bits per heavy atom. The molecule has 2 atom stereocenters. The number of hydrogen-bond acceptors (Lipinski definition) is 6. The molecule has 0 unspecified atom stereocenters. The maximum atomic E-state index is 12.2. The fraction of sp³-hybridized carbons (Fsp3) is 0.304. The van der Waals surface area contributed by atoms with Gasteiger partial charge in [0.25, 0.3) is 11.8 Å². The lowest BCUT2D eigenvalue weighted by atomic mass is 10.1. The summed E-state index contributed by atoms with van der Waals surface area (Å²) in [4.78, 5) is 23.8. The van der Waals surface area contributed by atoms with Gasteiger partial charge in [0.2, 0.25) is 0 Å². The highest BCUT2D eigenvalue weighted by Crippen LogP contribution is 2.19. The molecule has 8 heteroatoms. The van der Waals surface area contributed by atoms with Gasteiger partial charge in [-0.05, 0) is 73.9 Å². The minimum Gasteiger partial charge on any atom is -0.451 e. The molecule has 0 aliphatic heterocycles. The lowest BCUT2D eigenvalue weighted by Gasteiger charge is -2.19. The van der Waals surface area contributed by atoms with Crippen molar-refractivity contribution in [3.63, 3.8) is 0 Å². The van der Waals surface area contributed by atoms with Crippen molar-refractivity contribution in [2.24, 2.45) is 0 Å². The van der Waals surface area contributed by atoms with Crippen LogP contribution in [0.4, 0.5) is 0 Å². The molecule has 1 saturated carbocycles. The molecule has 1 aliphatic rings. The molecule has 31 heavy (non-hydrogen) atoms. The fourth-order valence-corrected chi connectivity index (χ4v) is 2.67. The van der Waals surface area contributed by atoms with Gasteiger partial charge in [-0.15, -0.1) is 0 Å². The second-order valence-corrected chi connectivity index (χ2v) is 7.17. The lowest BCUT2D eigenvalue weighted by molar-refractivity contribution is -0.133. The van der Waals surface area contributed by atoms with Gasteiger partial charge in [0.15, 0.2) is 5.76 Å². The maximum Gasteiger partial charge on any atom is 0.268 e. The number of carbonyl (C=O) groups is 2. The third-order valence-electron chi connectivity index (χ3n) is 4.57. The standard InChI is InChI=1S/C23H23N3O5/c1-15(27)21(23(29)26-30)25-22(28)17-8-6-16(7-9-17)4-2-3-5-19-12-13-20(31-19)14-24-18-10-11-18/h6-9,12-13,15,18,21,24,27,30H,10-11,14H2,1H3,(H,25,28)(H,26,29)/t15-,21-/m0/s1. The molecule has 0 bridgehead atoms. The van der Waals surface area contributed by atoms with Crippen molar-refractivity contribution in [2.45, 2.75) is 44.5 Å². The number of amides is 2. The summed E-state index contributed by atoms with van der Waals surface area (Å²) in [6.45, 7) is 2.02. The Kier molecular flexibility index (Phi) is 7.47. The highest BCUT2D eigenvalue weighted by atomic mass is 16.5. The zero-order valence-corrected chi connectivity index (χ0v) is 16.9. The minimum absolute atomic E-state index is 0.274. The van der Waals surface area contributed by atoms with E-state index in [1.807, 2.05) is 12.1 Å². The molecule has 8 nitrogen and oxygen atoms in total. The van der Waals surface area contributed by atoms with Crippen molar-refractivity contribution < 1.29 is 24.3 Å². The first-order valence-electron chi connectivity index (χ1n) is 9.83.